The van der Waals surface area contributed by atoms with Crippen LogP contribution in [0.3, 0.4) is 0 Å². The number of rotatable bonds is 2. The molecule has 0 rings (SSSR count). The van der Waals surface area contributed by atoms with Crippen LogP contribution in [0.15, 0.2) is 0 Å². The summed E-state index contributed by atoms with van der Waals surface area (Å²) in [6, 6.07) is 0. The molecule has 0 spiro atoms. The number of nitrogens with two attached hydrogens (primary N) is 1. The van der Waals surface area contributed by atoms with Gasteiger partial charge in [-0.2, -0.15) is 0 Å². The zero-order chi connectivity index (χ0) is 4.99. The van der Waals surface area contributed by atoms with E-state index in [1.54, 1.807) is 0 Å². The quantitative estimate of drug-likeness (QED) is 0.332. The maximum absolute atomic E-state index is 9.38. The highest BCUT2D eigenvalue weighted by molar-refractivity contribution is 5.49. The van der Waals surface area contributed by atoms with Gasteiger partial charge in [0, 0.05) is 6.42 Å². The molecular formula is C3H7NO2. The zero-order valence-electron chi connectivity index (χ0n) is 3.29. The molecule has 0 saturated heterocycles. The van der Waals surface area contributed by atoms with Gasteiger partial charge in [-0.1, -0.05) is 0 Å². The minimum absolute atomic E-state index is 0.0278. The predicted octanol–water partition coefficient (Wildman–Crippen LogP) is -1.15. The van der Waals surface area contributed by atoms with Crippen molar-refractivity contribution in [2.45, 2.75) is 12.6 Å². The van der Waals surface area contributed by atoms with Crippen molar-refractivity contribution in [3.05, 3.63) is 0 Å². The number of carbonyl (C=O) groups excluding carboxylic acids is 1. The summed E-state index contributed by atoms with van der Waals surface area (Å²) in [4.78, 5) is 9.38. The molecule has 0 aliphatic carbocycles. The summed E-state index contributed by atoms with van der Waals surface area (Å²) in [5.41, 5.74) is 4.73. The van der Waals surface area contributed by atoms with Gasteiger partial charge in [-0.15, -0.1) is 0 Å². The Kier molecular flexibility index (Phi) is 2.62. The lowest BCUT2D eigenvalue weighted by molar-refractivity contribution is -0.109. The van der Waals surface area contributed by atoms with Crippen molar-refractivity contribution in [3.8, 4) is 0 Å². The minimum atomic E-state index is -0.970. The van der Waals surface area contributed by atoms with Crippen molar-refractivity contribution in [1.82, 2.24) is 0 Å². The molecular weight excluding hydrogens is 82.0 g/mol. The van der Waals surface area contributed by atoms with Crippen LogP contribution in [0, 0.1) is 0 Å². The molecule has 3 N–H and O–H groups in total. The second-order valence-corrected chi connectivity index (χ2v) is 0.970. The summed E-state index contributed by atoms with van der Waals surface area (Å²) in [6.45, 7) is 0. The van der Waals surface area contributed by atoms with Crippen LogP contribution in [0.25, 0.3) is 0 Å². The maximum Gasteiger partial charge on any atom is 0.123 e. The van der Waals surface area contributed by atoms with Crippen molar-refractivity contribution in [2.24, 2.45) is 5.73 Å². The molecule has 0 fully saturated rings. The molecule has 0 aliphatic heterocycles. The van der Waals surface area contributed by atoms with Crippen LogP contribution in [0.4, 0.5) is 0 Å². The van der Waals surface area contributed by atoms with E-state index in [4.69, 9.17) is 10.8 Å². The first-order chi connectivity index (χ1) is 2.77. The van der Waals surface area contributed by atoms with E-state index in [1.165, 1.54) is 0 Å². The van der Waals surface area contributed by atoms with Gasteiger partial charge in [0.05, 0.1) is 0 Å². The van der Waals surface area contributed by atoms with Gasteiger partial charge in [-0.05, 0) is 0 Å². The van der Waals surface area contributed by atoms with Gasteiger partial charge < -0.3 is 15.6 Å². The van der Waals surface area contributed by atoms with Crippen molar-refractivity contribution in [1.29, 1.82) is 0 Å². The van der Waals surface area contributed by atoms with Crippen LogP contribution in [0.1, 0.15) is 6.42 Å². The fourth-order valence-corrected chi connectivity index (χ4v) is 0.0986. The Morgan fingerprint density at radius 1 is 2.00 bits per heavy atom. The van der Waals surface area contributed by atoms with E-state index in [-0.39, 0.29) is 6.42 Å². The topological polar surface area (TPSA) is 63.3 Å². The Balaban J connectivity index is 2.81. The lowest BCUT2D eigenvalue weighted by atomic mass is 10.4. The summed E-state index contributed by atoms with van der Waals surface area (Å²) in [7, 11) is 0. The van der Waals surface area contributed by atoms with Crippen molar-refractivity contribution >= 4 is 6.29 Å². The second-order valence-electron chi connectivity index (χ2n) is 0.970. The fourth-order valence-electron chi connectivity index (χ4n) is 0.0986. The van der Waals surface area contributed by atoms with Crippen molar-refractivity contribution in [3.63, 3.8) is 0 Å². The van der Waals surface area contributed by atoms with E-state index in [0.717, 1.165) is 0 Å². The molecule has 0 bridgehead atoms. The zero-order valence-corrected chi connectivity index (χ0v) is 3.29. The summed E-state index contributed by atoms with van der Waals surface area (Å²) in [5, 5.41) is 8.10. The van der Waals surface area contributed by atoms with Gasteiger partial charge in [0.15, 0.2) is 0 Å². The van der Waals surface area contributed by atoms with Crippen molar-refractivity contribution in [2.75, 3.05) is 0 Å². The average molecular weight is 89.1 g/mol. The number of aliphatic hydroxyl groups is 1. The monoisotopic (exact) mass is 89.0 g/mol. The van der Waals surface area contributed by atoms with Gasteiger partial charge >= 0.3 is 0 Å². The third-order valence-corrected chi connectivity index (χ3v) is 0.338. The lowest BCUT2D eigenvalue weighted by Gasteiger charge is -1.90. The first-order valence-corrected chi connectivity index (χ1v) is 1.64. The number of aliphatic hydroxyl groups excluding tert-OH is 1. The molecule has 3 heteroatoms. The van der Waals surface area contributed by atoms with Gasteiger partial charge in [0.2, 0.25) is 0 Å². The van der Waals surface area contributed by atoms with E-state index < -0.39 is 6.23 Å². The van der Waals surface area contributed by atoms with E-state index in [2.05, 4.69) is 0 Å². The van der Waals surface area contributed by atoms with Crippen LogP contribution in [0.5, 0.6) is 0 Å². The Labute approximate surface area is 35.8 Å². The maximum atomic E-state index is 9.38. The molecule has 0 aromatic carbocycles. The Morgan fingerprint density at radius 2 is 2.50 bits per heavy atom. The fraction of sp³-hybridized carbons (Fsp3) is 0.667. The third-order valence-electron chi connectivity index (χ3n) is 0.338. The summed E-state index contributed by atoms with van der Waals surface area (Å²) >= 11 is 0. The molecule has 1 atom stereocenters. The SMILES string of the molecule is N[C@H](O)CC=O. The Bertz CT molecular complexity index is 44.1. The van der Waals surface area contributed by atoms with E-state index >= 15 is 0 Å². The highest BCUT2D eigenvalue weighted by atomic mass is 16.3. The Morgan fingerprint density at radius 3 is 2.50 bits per heavy atom. The average Bonchev–Trinajstić information content (AvgIpc) is 1.35. The molecule has 0 aliphatic rings. The number of aldehydes is 1. The molecule has 36 valence electrons. The van der Waals surface area contributed by atoms with Gasteiger partial charge in [-0.3, -0.25) is 0 Å². The Hall–Kier alpha value is -0.410. The highest BCUT2D eigenvalue weighted by Crippen LogP contribution is 1.70. The van der Waals surface area contributed by atoms with Crippen LogP contribution < -0.4 is 5.73 Å². The van der Waals surface area contributed by atoms with Gasteiger partial charge in [-0.25, -0.2) is 0 Å². The smallest absolute Gasteiger partial charge is 0.123 e. The molecule has 3 nitrogen and oxygen atoms in total. The second kappa shape index (κ2) is 2.81. The highest BCUT2D eigenvalue weighted by Gasteiger charge is 1.87. The number of hydrogen-bond acceptors (Lipinski definition) is 3. The molecule has 0 saturated carbocycles. The molecule has 0 heterocycles. The van der Waals surface area contributed by atoms with E-state index in [0.29, 0.717) is 6.29 Å². The number of hydrogen-bond donors (Lipinski definition) is 2. The van der Waals surface area contributed by atoms with Gasteiger partial charge in [0.1, 0.15) is 12.5 Å². The molecule has 0 radical (unpaired) electrons. The van der Waals surface area contributed by atoms with E-state index in [9.17, 15) is 4.79 Å². The van der Waals surface area contributed by atoms with E-state index in [1.807, 2.05) is 0 Å². The first-order valence-electron chi connectivity index (χ1n) is 1.64. The standard InChI is InChI=1S/C3H7NO2/c4-3(6)1-2-5/h2-3,6H,1,4H2/t3-/m1/s1. The molecule has 0 amide bonds. The van der Waals surface area contributed by atoms with Crippen molar-refractivity contribution < 1.29 is 9.90 Å². The molecule has 6 heavy (non-hydrogen) atoms. The predicted molar refractivity (Wildman–Crippen MR) is 20.9 cm³/mol. The largest absolute Gasteiger partial charge is 0.378 e. The lowest BCUT2D eigenvalue weighted by Crippen LogP contribution is -2.18. The molecule has 0 aromatic rings. The van der Waals surface area contributed by atoms with Crippen LogP contribution in [0.2, 0.25) is 0 Å². The third kappa shape index (κ3) is 3.59. The van der Waals surface area contributed by atoms with Crippen LogP contribution in [-0.4, -0.2) is 17.6 Å². The van der Waals surface area contributed by atoms with Crippen LogP contribution in [-0.2, 0) is 4.79 Å². The van der Waals surface area contributed by atoms with Crippen LogP contribution >= 0.6 is 0 Å². The minimum Gasteiger partial charge on any atom is -0.378 e. The summed E-state index contributed by atoms with van der Waals surface area (Å²) in [6.07, 6.45) is -0.368. The normalized spacial score (nSPS) is 13.7. The van der Waals surface area contributed by atoms with Gasteiger partial charge in [0.25, 0.3) is 0 Å². The summed E-state index contributed by atoms with van der Waals surface area (Å²) < 4.78 is 0. The summed E-state index contributed by atoms with van der Waals surface area (Å²) in [5.74, 6) is 0. The first kappa shape index (κ1) is 5.59. The molecule has 0 unspecified atom stereocenters. The number of carbonyl (C=O) groups is 1. The molecule has 0 aromatic heterocycles.